The number of rotatable bonds is 4. The van der Waals surface area contributed by atoms with Crippen molar-refractivity contribution in [3.8, 4) is 0 Å². The zero-order valence-corrected chi connectivity index (χ0v) is 12.5. The van der Waals surface area contributed by atoms with E-state index >= 15 is 0 Å². The molecule has 4 heteroatoms. The van der Waals surface area contributed by atoms with Crippen molar-refractivity contribution in [2.24, 2.45) is 11.7 Å². The summed E-state index contributed by atoms with van der Waals surface area (Å²) in [7, 11) is 0. The van der Waals surface area contributed by atoms with Crippen LogP contribution in [0, 0.1) is 5.92 Å². The fourth-order valence-electron chi connectivity index (χ4n) is 2.87. The molecule has 18 heavy (non-hydrogen) atoms. The molecular weight excluding hydrogens is 242 g/mol. The van der Waals surface area contributed by atoms with Gasteiger partial charge in [0, 0.05) is 23.7 Å². The van der Waals surface area contributed by atoms with E-state index in [1.807, 2.05) is 11.6 Å². The van der Waals surface area contributed by atoms with E-state index in [4.69, 9.17) is 5.73 Å². The van der Waals surface area contributed by atoms with Crippen molar-refractivity contribution in [2.75, 3.05) is 6.54 Å². The van der Waals surface area contributed by atoms with Gasteiger partial charge in [-0.25, -0.2) is 4.98 Å². The molecule has 0 saturated heterocycles. The van der Waals surface area contributed by atoms with E-state index in [1.165, 1.54) is 12.8 Å². The van der Waals surface area contributed by atoms with E-state index < -0.39 is 0 Å². The summed E-state index contributed by atoms with van der Waals surface area (Å²) in [5, 5.41) is 6.78. The molecule has 0 radical (unpaired) electrons. The van der Waals surface area contributed by atoms with Crippen LogP contribution in [0.3, 0.4) is 0 Å². The van der Waals surface area contributed by atoms with Gasteiger partial charge in [0.1, 0.15) is 5.01 Å². The molecule has 0 spiro atoms. The predicted octanol–water partition coefficient (Wildman–Crippen LogP) is 2.88. The van der Waals surface area contributed by atoms with Gasteiger partial charge in [-0.1, -0.05) is 19.8 Å². The van der Waals surface area contributed by atoms with Gasteiger partial charge in [-0.2, -0.15) is 0 Å². The Morgan fingerprint density at radius 2 is 2.39 bits per heavy atom. The minimum Gasteiger partial charge on any atom is -0.324 e. The lowest BCUT2D eigenvalue weighted by Crippen LogP contribution is -2.55. The largest absolute Gasteiger partial charge is 0.324 e. The van der Waals surface area contributed by atoms with Gasteiger partial charge < -0.3 is 11.1 Å². The van der Waals surface area contributed by atoms with Gasteiger partial charge in [-0.15, -0.1) is 11.3 Å². The van der Waals surface area contributed by atoms with Crippen LogP contribution in [-0.4, -0.2) is 17.1 Å². The lowest BCUT2D eigenvalue weighted by atomic mass is 9.77. The molecule has 1 fully saturated rings. The Bertz CT molecular complexity index is 374. The summed E-state index contributed by atoms with van der Waals surface area (Å²) in [5.74, 6) is 0.758. The lowest BCUT2D eigenvalue weighted by molar-refractivity contribution is 0.210. The molecule has 1 aromatic heterocycles. The summed E-state index contributed by atoms with van der Waals surface area (Å²) in [5.41, 5.74) is 6.41. The average molecular weight is 267 g/mol. The molecule has 0 amide bonds. The summed E-state index contributed by atoms with van der Waals surface area (Å²) in [6.07, 6.45) is 6.72. The second-order valence-electron chi connectivity index (χ2n) is 6.38. The zero-order valence-electron chi connectivity index (χ0n) is 11.7. The maximum Gasteiger partial charge on any atom is 0.112 e. The number of hydrogen-bond donors (Lipinski definition) is 2. The first-order valence-corrected chi connectivity index (χ1v) is 7.73. The van der Waals surface area contributed by atoms with E-state index in [-0.39, 0.29) is 11.1 Å². The highest BCUT2D eigenvalue weighted by molar-refractivity contribution is 7.09. The van der Waals surface area contributed by atoms with Crippen LogP contribution in [-0.2, 0) is 5.54 Å². The number of nitrogens with one attached hydrogen (secondary N) is 1. The molecule has 102 valence electrons. The normalized spacial score (nSPS) is 29.4. The number of thiazole rings is 1. The summed E-state index contributed by atoms with van der Waals surface area (Å²) in [4.78, 5) is 4.40. The first-order valence-electron chi connectivity index (χ1n) is 6.85. The Morgan fingerprint density at radius 1 is 1.61 bits per heavy atom. The third kappa shape index (κ3) is 3.31. The van der Waals surface area contributed by atoms with Crippen molar-refractivity contribution in [3.63, 3.8) is 0 Å². The van der Waals surface area contributed by atoms with Crippen LogP contribution in [0.2, 0.25) is 0 Å². The van der Waals surface area contributed by atoms with Crippen molar-refractivity contribution >= 4 is 11.3 Å². The molecular formula is C14H25N3S. The van der Waals surface area contributed by atoms with Crippen molar-refractivity contribution in [3.05, 3.63) is 16.6 Å². The molecule has 1 saturated carbocycles. The fourth-order valence-corrected chi connectivity index (χ4v) is 3.61. The Morgan fingerprint density at radius 3 is 3.00 bits per heavy atom. The molecule has 0 aliphatic heterocycles. The van der Waals surface area contributed by atoms with Gasteiger partial charge in [-0.05, 0) is 32.6 Å². The summed E-state index contributed by atoms with van der Waals surface area (Å²) < 4.78 is 0. The van der Waals surface area contributed by atoms with Crippen LogP contribution in [0.15, 0.2) is 11.6 Å². The molecule has 3 nitrogen and oxygen atoms in total. The van der Waals surface area contributed by atoms with Crippen LogP contribution in [0.25, 0.3) is 0 Å². The monoisotopic (exact) mass is 267 g/mol. The van der Waals surface area contributed by atoms with Gasteiger partial charge >= 0.3 is 0 Å². The quantitative estimate of drug-likeness (QED) is 0.882. The Balaban J connectivity index is 1.94. The van der Waals surface area contributed by atoms with Crippen molar-refractivity contribution in [1.82, 2.24) is 10.3 Å². The third-order valence-corrected chi connectivity index (χ3v) is 5.07. The Labute approximate surface area is 114 Å². The van der Waals surface area contributed by atoms with Gasteiger partial charge in [0.2, 0.25) is 0 Å². The van der Waals surface area contributed by atoms with E-state index in [0.717, 1.165) is 30.3 Å². The molecule has 0 aromatic carbocycles. The average Bonchev–Trinajstić information content (AvgIpc) is 2.80. The zero-order chi connectivity index (χ0) is 13.2. The first kappa shape index (κ1) is 14.0. The first-order chi connectivity index (χ1) is 8.41. The molecule has 1 heterocycles. The number of aromatic nitrogens is 1. The summed E-state index contributed by atoms with van der Waals surface area (Å²) in [6, 6.07) is 0. The van der Waals surface area contributed by atoms with Crippen LogP contribution in [0.1, 0.15) is 51.5 Å². The Kier molecular flexibility index (Phi) is 4.09. The summed E-state index contributed by atoms with van der Waals surface area (Å²) in [6.45, 7) is 7.56. The SMILES string of the molecule is CC1CCCC(N)(CNC(C)(C)c2nccs2)C1. The molecule has 2 atom stereocenters. The minimum absolute atomic E-state index is 0.0355. The molecule has 2 rings (SSSR count). The van der Waals surface area contributed by atoms with Crippen molar-refractivity contribution in [1.29, 1.82) is 0 Å². The second kappa shape index (κ2) is 5.27. The van der Waals surface area contributed by atoms with Gasteiger partial charge in [0.05, 0.1) is 5.54 Å². The van der Waals surface area contributed by atoms with E-state index in [1.54, 1.807) is 11.3 Å². The highest BCUT2D eigenvalue weighted by atomic mass is 32.1. The molecule has 3 N–H and O–H groups in total. The maximum absolute atomic E-state index is 6.53. The second-order valence-corrected chi connectivity index (χ2v) is 7.27. The van der Waals surface area contributed by atoms with Crippen molar-refractivity contribution in [2.45, 2.75) is 57.5 Å². The van der Waals surface area contributed by atoms with Gasteiger partial charge in [-0.3, -0.25) is 0 Å². The lowest BCUT2D eigenvalue weighted by Gasteiger charge is -2.39. The van der Waals surface area contributed by atoms with Gasteiger partial charge in [0.15, 0.2) is 0 Å². The molecule has 1 aromatic rings. The molecule has 1 aliphatic carbocycles. The highest BCUT2D eigenvalue weighted by Crippen LogP contribution is 2.31. The molecule has 1 aliphatic rings. The number of hydrogen-bond acceptors (Lipinski definition) is 4. The van der Waals surface area contributed by atoms with Crippen LogP contribution in [0.5, 0.6) is 0 Å². The Hall–Kier alpha value is -0.450. The van der Waals surface area contributed by atoms with E-state index in [2.05, 4.69) is 31.1 Å². The smallest absolute Gasteiger partial charge is 0.112 e. The fraction of sp³-hybridized carbons (Fsp3) is 0.786. The summed E-state index contributed by atoms with van der Waals surface area (Å²) >= 11 is 1.70. The van der Waals surface area contributed by atoms with Crippen molar-refractivity contribution < 1.29 is 0 Å². The van der Waals surface area contributed by atoms with E-state index in [9.17, 15) is 0 Å². The van der Waals surface area contributed by atoms with Crippen LogP contribution < -0.4 is 11.1 Å². The number of nitrogens with zero attached hydrogens (tertiary/aromatic N) is 1. The minimum atomic E-state index is -0.0821. The maximum atomic E-state index is 6.53. The van der Waals surface area contributed by atoms with E-state index in [0.29, 0.717) is 0 Å². The standard InChI is InChI=1S/C14H25N3S/c1-11-5-4-6-14(15,9-11)10-17-13(2,3)12-16-7-8-18-12/h7-8,11,17H,4-6,9-10,15H2,1-3H3. The van der Waals surface area contributed by atoms with Crippen LogP contribution in [0.4, 0.5) is 0 Å². The third-order valence-electron chi connectivity index (χ3n) is 3.98. The molecule has 0 bridgehead atoms. The number of nitrogens with two attached hydrogens (primary N) is 1. The highest BCUT2D eigenvalue weighted by Gasteiger charge is 2.33. The predicted molar refractivity (Wildman–Crippen MR) is 77.7 cm³/mol. The van der Waals surface area contributed by atoms with Crippen LogP contribution >= 0.6 is 11.3 Å². The van der Waals surface area contributed by atoms with Gasteiger partial charge in [0.25, 0.3) is 0 Å². The topological polar surface area (TPSA) is 50.9 Å². The molecule has 2 unspecified atom stereocenters.